The molecule has 0 saturated carbocycles. The van der Waals surface area contributed by atoms with Gasteiger partial charge in [-0.1, -0.05) is 0 Å². The number of anilines is 1. The zero-order chi connectivity index (χ0) is 9.10. The van der Waals surface area contributed by atoms with Crippen LogP contribution in [0.15, 0.2) is 10.9 Å². The first-order valence-electron chi connectivity index (χ1n) is 4.29. The van der Waals surface area contributed by atoms with Gasteiger partial charge in [-0.2, -0.15) is 0 Å². The van der Waals surface area contributed by atoms with Crippen LogP contribution >= 0.6 is 11.3 Å². The van der Waals surface area contributed by atoms with E-state index in [-0.39, 0.29) is 11.9 Å². The van der Waals surface area contributed by atoms with Gasteiger partial charge in [0.2, 0.25) is 5.91 Å². The molecule has 1 unspecified atom stereocenters. The lowest BCUT2D eigenvalue weighted by Gasteiger charge is -2.08. The summed E-state index contributed by atoms with van der Waals surface area (Å²) < 4.78 is 0. The fourth-order valence-electron chi connectivity index (χ4n) is 1.40. The topological polar surface area (TPSA) is 54.0 Å². The quantitative estimate of drug-likeness (QED) is 0.738. The SMILES string of the molecule is O=C(Nc1cscn1)C1CCCN1. The van der Waals surface area contributed by atoms with Gasteiger partial charge in [0.25, 0.3) is 0 Å². The van der Waals surface area contributed by atoms with Crippen molar-refractivity contribution in [2.24, 2.45) is 0 Å². The minimum absolute atomic E-state index is 0.0262. The Morgan fingerprint density at radius 2 is 2.69 bits per heavy atom. The fraction of sp³-hybridized carbons (Fsp3) is 0.500. The molecule has 1 amide bonds. The van der Waals surface area contributed by atoms with Gasteiger partial charge in [0, 0.05) is 5.38 Å². The van der Waals surface area contributed by atoms with Gasteiger partial charge < -0.3 is 10.6 Å². The van der Waals surface area contributed by atoms with Crippen LogP contribution in [0, 0.1) is 0 Å². The molecule has 4 nitrogen and oxygen atoms in total. The summed E-state index contributed by atoms with van der Waals surface area (Å²) in [5, 5.41) is 7.72. The Morgan fingerprint density at radius 1 is 1.77 bits per heavy atom. The second-order valence-corrected chi connectivity index (χ2v) is 3.73. The smallest absolute Gasteiger partial charge is 0.242 e. The number of thiazole rings is 1. The number of nitrogens with one attached hydrogen (secondary N) is 2. The highest BCUT2D eigenvalue weighted by atomic mass is 32.1. The zero-order valence-electron chi connectivity index (χ0n) is 7.12. The van der Waals surface area contributed by atoms with E-state index in [1.54, 1.807) is 5.51 Å². The van der Waals surface area contributed by atoms with E-state index in [4.69, 9.17) is 0 Å². The van der Waals surface area contributed by atoms with Gasteiger partial charge in [-0.3, -0.25) is 4.79 Å². The van der Waals surface area contributed by atoms with Crippen LogP contribution in [-0.4, -0.2) is 23.5 Å². The molecule has 1 aromatic rings. The monoisotopic (exact) mass is 197 g/mol. The van der Waals surface area contributed by atoms with Crippen LogP contribution in [0.5, 0.6) is 0 Å². The molecule has 1 atom stereocenters. The normalized spacial score (nSPS) is 21.7. The number of hydrogen-bond acceptors (Lipinski definition) is 4. The van der Waals surface area contributed by atoms with E-state index in [1.165, 1.54) is 11.3 Å². The van der Waals surface area contributed by atoms with Crippen molar-refractivity contribution in [2.75, 3.05) is 11.9 Å². The van der Waals surface area contributed by atoms with Gasteiger partial charge in [0.1, 0.15) is 5.82 Å². The van der Waals surface area contributed by atoms with Crippen molar-refractivity contribution < 1.29 is 4.79 Å². The summed E-state index contributed by atoms with van der Waals surface area (Å²) in [5.74, 6) is 0.687. The molecule has 1 aromatic heterocycles. The van der Waals surface area contributed by atoms with Crippen LogP contribution in [-0.2, 0) is 4.79 Å². The van der Waals surface area contributed by atoms with E-state index >= 15 is 0 Å². The molecule has 13 heavy (non-hydrogen) atoms. The molecule has 2 N–H and O–H groups in total. The molecule has 0 spiro atoms. The molecule has 2 rings (SSSR count). The summed E-state index contributed by atoms with van der Waals surface area (Å²) in [6, 6.07) is -0.0262. The van der Waals surface area contributed by atoms with Gasteiger partial charge in [0.05, 0.1) is 11.6 Å². The van der Waals surface area contributed by atoms with Gasteiger partial charge in [0.15, 0.2) is 0 Å². The number of carbonyl (C=O) groups is 1. The second-order valence-electron chi connectivity index (χ2n) is 3.01. The van der Waals surface area contributed by atoms with E-state index in [1.807, 2.05) is 5.38 Å². The Kier molecular flexibility index (Phi) is 2.56. The molecule has 0 radical (unpaired) electrons. The van der Waals surface area contributed by atoms with E-state index in [0.29, 0.717) is 5.82 Å². The van der Waals surface area contributed by atoms with E-state index < -0.39 is 0 Å². The molecule has 70 valence electrons. The Hall–Kier alpha value is -0.940. The molecular weight excluding hydrogens is 186 g/mol. The van der Waals surface area contributed by atoms with E-state index in [0.717, 1.165) is 19.4 Å². The highest BCUT2D eigenvalue weighted by Crippen LogP contribution is 2.10. The number of hydrogen-bond donors (Lipinski definition) is 2. The van der Waals surface area contributed by atoms with Crippen molar-refractivity contribution in [1.82, 2.24) is 10.3 Å². The Morgan fingerprint density at radius 3 is 3.31 bits per heavy atom. The van der Waals surface area contributed by atoms with Crippen molar-refractivity contribution in [3.8, 4) is 0 Å². The molecule has 0 bridgehead atoms. The summed E-state index contributed by atoms with van der Waals surface area (Å²) in [6.45, 7) is 0.940. The molecule has 0 aromatic carbocycles. The molecule has 1 aliphatic heterocycles. The maximum atomic E-state index is 11.5. The van der Waals surface area contributed by atoms with Crippen LogP contribution in [0.4, 0.5) is 5.82 Å². The molecule has 1 aliphatic rings. The van der Waals surface area contributed by atoms with Gasteiger partial charge in [-0.05, 0) is 19.4 Å². The van der Waals surface area contributed by atoms with Crippen molar-refractivity contribution in [1.29, 1.82) is 0 Å². The molecule has 1 fully saturated rings. The molecule has 5 heteroatoms. The van der Waals surface area contributed by atoms with Crippen LogP contribution < -0.4 is 10.6 Å². The zero-order valence-corrected chi connectivity index (χ0v) is 7.93. The standard InChI is InChI=1S/C8H11N3OS/c12-8(6-2-1-3-9-6)11-7-4-13-5-10-7/h4-6,9H,1-3H2,(H,11,12). The van der Waals surface area contributed by atoms with Crippen molar-refractivity contribution in [3.05, 3.63) is 10.9 Å². The third kappa shape index (κ3) is 2.05. The van der Waals surface area contributed by atoms with Crippen LogP contribution in [0.1, 0.15) is 12.8 Å². The largest absolute Gasteiger partial charge is 0.309 e. The lowest BCUT2D eigenvalue weighted by atomic mass is 10.2. The minimum Gasteiger partial charge on any atom is -0.309 e. The highest BCUT2D eigenvalue weighted by Gasteiger charge is 2.21. The van der Waals surface area contributed by atoms with Crippen molar-refractivity contribution in [3.63, 3.8) is 0 Å². The maximum Gasteiger partial charge on any atom is 0.242 e. The lowest BCUT2D eigenvalue weighted by Crippen LogP contribution is -2.35. The maximum absolute atomic E-state index is 11.5. The van der Waals surface area contributed by atoms with E-state index in [2.05, 4.69) is 15.6 Å². The van der Waals surface area contributed by atoms with Crippen LogP contribution in [0.25, 0.3) is 0 Å². The molecule has 0 aliphatic carbocycles. The van der Waals surface area contributed by atoms with Crippen LogP contribution in [0.2, 0.25) is 0 Å². The third-order valence-electron chi connectivity index (χ3n) is 2.06. The summed E-state index contributed by atoms with van der Waals surface area (Å²) >= 11 is 1.48. The molecule has 2 heterocycles. The average Bonchev–Trinajstić information content (AvgIpc) is 2.74. The lowest BCUT2D eigenvalue weighted by molar-refractivity contribution is -0.117. The first-order valence-corrected chi connectivity index (χ1v) is 5.23. The number of rotatable bonds is 2. The number of amides is 1. The predicted molar refractivity (Wildman–Crippen MR) is 51.8 cm³/mol. The minimum atomic E-state index is -0.0262. The molecule has 1 saturated heterocycles. The summed E-state index contributed by atoms with van der Waals surface area (Å²) in [4.78, 5) is 15.5. The Bertz CT molecular complexity index is 280. The Balaban J connectivity index is 1.91. The summed E-state index contributed by atoms with van der Waals surface area (Å²) in [6.07, 6.45) is 2.01. The van der Waals surface area contributed by atoms with Gasteiger partial charge in [-0.15, -0.1) is 11.3 Å². The van der Waals surface area contributed by atoms with Gasteiger partial charge >= 0.3 is 0 Å². The van der Waals surface area contributed by atoms with Crippen molar-refractivity contribution >= 4 is 23.1 Å². The second kappa shape index (κ2) is 3.85. The van der Waals surface area contributed by atoms with E-state index in [9.17, 15) is 4.79 Å². The highest BCUT2D eigenvalue weighted by molar-refractivity contribution is 7.07. The Labute approximate surface area is 80.4 Å². The predicted octanol–water partition coefficient (Wildman–Crippen LogP) is 0.834. The average molecular weight is 197 g/mol. The molecular formula is C8H11N3OS. The van der Waals surface area contributed by atoms with Crippen LogP contribution in [0.3, 0.4) is 0 Å². The first-order chi connectivity index (χ1) is 6.36. The third-order valence-corrected chi connectivity index (χ3v) is 2.65. The number of nitrogens with zero attached hydrogens (tertiary/aromatic N) is 1. The first kappa shape index (κ1) is 8.65. The number of aromatic nitrogens is 1. The summed E-state index contributed by atoms with van der Waals surface area (Å²) in [7, 11) is 0. The summed E-state index contributed by atoms with van der Waals surface area (Å²) in [5.41, 5.74) is 1.71. The fourth-order valence-corrected chi connectivity index (χ4v) is 1.88. The van der Waals surface area contributed by atoms with Crippen molar-refractivity contribution in [2.45, 2.75) is 18.9 Å². The van der Waals surface area contributed by atoms with Gasteiger partial charge in [-0.25, -0.2) is 4.98 Å². The number of carbonyl (C=O) groups excluding carboxylic acids is 1.